The monoisotopic (exact) mass is 229 g/mol. The van der Waals surface area contributed by atoms with Crippen molar-refractivity contribution < 1.29 is 4.74 Å². The van der Waals surface area contributed by atoms with Crippen LogP contribution >= 0.6 is 0 Å². The van der Waals surface area contributed by atoms with Crippen molar-refractivity contribution in [3.8, 4) is 5.75 Å². The highest BCUT2D eigenvalue weighted by Crippen LogP contribution is 2.25. The number of ether oxygens (including phenoxy) is 1. The molecule has 2 N–H and O–H groups in total. The van der Waals surface area contributed by atoms with E-state index in [9.17, 15) is 4.79 Å². The Morgan fingerprint density at radius 2 is 2.29 bits per heavy atom. The molecule has 0 spiro atoms. The fourth-order valence-corrected chi connectivity index (χ4v) is 1.94. The van der Waals surface area contributed by atoms with Crippen molar-refractivity contribution >= 4 is 21.9 Å². The number of rotatable bonds is 2. The molecule has 1 aromatic carbocycles. The molecular formula is C12H11N3O2. The fourth-order valence-electron chi connectivity index (χ4n) is 1.94. The van der Waals surface area contributed by atoms with E-state index in [1.807, 2.05) is 25.1 Å². The van der Waals surface area contributed by atoms with Gasteiger partial charge in [0.25, 0.3) is 5.56 Å². The fraction of sp³-hybridized carbons (Fsp3) is 0.167. The number of aromatic amines is 2. The number of H-pyrrole nitrogens is 2. The first-order valence-electron chi connectivity index (χ1n) is 5.41. The molecular weight excluding hydrogens is 218 g/mol. The van der Waals surface area contributed by atoms with Gasteiger partial charge in [0.05, 0.1) is 12.9 Å². The van der Waals surface area contributed by atoms with E-state index in [2.05, 4.69) is 15.0 Å². The van der Waals surface area contributed by atoms with E-state index in [0.29, 0.717) is 17.6 Å². The van der Waals surface area contributed by atoms with Crippen molar-refractivity contribution in [1.29, 1.82) is 0 Å². The van der Waals surface area contributed by atoms with Crippen molar-refractivity contribution in [3.05, 3.63) is 34.9 Å². The van der Waals surface area contributed by atoms with Crippen LogP contribution in [0.4, 0.5) is 0 Å². The maximum Gasteiger partial charge on any atom is 0.275 e. The molecule has 0 aliphatic rings. The topological polar surface area (TPSA) is 70.8 Å². The number of nitrogens with zero attached hydrogens (tertiary/aromatic N) is 1. The first-order valence-corrected chi connectivity index (χ1v) is 5.41. The lowest BCUT2D eigenvalue weighted by atomic mass is 10.2. The summed E-state index contributed by atoms with van der Waals surface area (Å²) in [7, 11) is 0. The summed E-state index contributed by atoms with van der Waals surface area (Å²) in [5.41, 5.74) is 1.89. The third-order valence-electron chi connectivity index (χ3n) is 2.67. The average Bonchev–Trinajstić information content (AvgIpc) is 2.70. The molecule has 0 amide bonds. The van der Waals surface area contributed by atoms with E-state index < -0.39 is 0 Å². The van der Waals surface area contributed by atoms with E-state index in [1.165, 1.54) is 6.33 Å². The highest BCUT2D eigenvalue weighted by Gasteiger charge is 2.08. The Morgan fingerprint density at radius 3 is 3.12 bits per heavy atom. The molecule has 2 heterocycles. The molecule has 0 saturated heterocycles. The summed E-state index contributed by atoms with van der Waals surface area (Å²) in [6.45, 7) is 2.55. The first kappa shape index (κ1) is 9.89. The standard InChI is InChI=1S/C12H11N3O2/c1-2-17-7-3-4-9-8(5-7)10-11(15-9)12(16)14-6-13-10/h3-6,15H,2H2,1H3,(H,13,14,16). The summed E-state index contributed by atoms with van der Waals surface area (Å²) in [5, 5.41) is 0.900. The molecule has 0 aliphatic carbocycles. The van der Waals surface area contributed by atoms with Crippen molar-refractivity contribution in [1.82, 2.24) is 15.0 Å². The van der Waals surface area contributed by atoms with Crippen molar-refractivity contribution in [2.75, 3.05) is 6.61 Å². The van der Waals surface area contributed by atoms with Gasteiger partial charge in [-0.3, -0.25) is 4.79 Å². The minimum atomic E-state index is -0.163. The number of nitrogens with one attached hydrogen (secondary N) is 2. The lowest BCUT2D eigenvalue weighted by Crippen LogP contribution is -2.05. The smallest absolute Gasteiger partial charge is 0.275 e. The van der Waals surface area contributed by atoms with E-state index in [4.69, 9.17) is 4.74 Å². The van der Waals surface area contributed by atoms with Crippen LogP contribution in [0.5, 0.6) is 5.75 Å². The molecule has 5 nitrogen and oxygen atoms in total. The van der Waals surface area contributed by atoms with Gasteiger partial charge >= 0.3 is 0 Å². The molecule has 2 aromatic heterocycles. The summed E-state index contributed by atoms with van der Waals surface area (Å²) in [6, 6.07) is 5.65. The molecule has 0 unspecified atom stereocenters. The van der Waals surface area contributed by atoms with Gasteiger partial charge in [-0.2, -0.15) is 0 Å². The molecule has 17 heavy (non-hydrogen) atoms. The zero-order chi connectivity index (χ0) is 11.8. The number of benzene rings is 1. The van der Waals surface area contributed by atoms with E-state index in [1.54, 1.807) is 0 Å². The number of hydrogen-bond acceptors (Lipinski definition) is 3. The Kier molecular flexibility index (Phi) is 2.11. The first-order chi connectivity index (χ1) is 8.29. The Balaban J connectivity index is 2.38. The molecule has 0 bridgehead atoms. The van der Waals surface area contributed by atoms with Gasteiger partial charge in [0.2, 0.25) is 0 Å². The van der Waals surface area contributed by atoms with Gasteiger partial charge < -0.3 is 14.7 Å². The normalized spacial score (nSPS) is 11.1. The van der Waals surface area contributed by atoms with Crippen LogP contribution < -0.4 is 10.3 Å². The molecule has 3 rings (SSSR count). The van der Waals surface area contributed by atoms with Crippen LogP contribution in [-0.2, 0) is 0 Å². The van der Waals surface area contributed by atoms with Crippen molar-refractivity contribution in [2.24, 2.45) is 0 Å². The Bertz CT molecular complexity index is 742. The van der Waals surface area contributed by atoms with Gasteiger partial charge in [0.1, 0.15) is 16.8 Å². The van der Waals surface area contributed by atoms with Crippen LogP contribution in [0.15, 0.2) is 29.3 Å². The maximum absolute atomic E-state index is 11.6. The molecule has 3 aromatic rings. The zero-order valence-corrected chi connectivity index (χ0v) is 9.28. The number of fused-ring (bicyclic) bond motifs is 3. The van der Waals surface area contributed by atoms with Crippen LogP contribution in [0.1, 0.15) is 6.92 Å². The summed E-state index contributed by atoms with van der Waals surface area (Å²) >= 11 is 0. The number of hydrogen-bond donors (Lipinski definition) is 2. The van der Waals surface area contributed by atoms with E-state index in [0.717, 1.165) is 16.7 Å². The highest BCUT2D eigenvalue weighted by molar-refractivity contribution is 6.04. The summed E-state index contributed by atoms with van der Waals surface area (Å²) in [4.78, 5) is 21.4. The zero-order valence-electron chi connectivity index (χ0n) is 9.28. The summed E-state index contributed by atoms with van der Waals surface area (Å²) < 4.78 is 5.43. The summed E-state index contributed by atoms with van der Waals surface area (Å²) in [5.74, 6) is 0.781. The van der Waals surface area contributed by atoms with E-state index in [-0.39, 0.29) is 5.56 Å². The Morgan fingerprint density at radius 1 is 1.41 bits per heavy atom. The second-order valence-corrected chi connectivity index (χ2v) is 3.72. The van der Waals surface area contributed by atoms with Gasteiger partial charge in [-0.15, -0.1) is 0 Å². The molecule has 0 atom stereocenters. The molecule has 0 aliphatic heterocycles. The predicted molar refractivity (Wildman–Crippen MR) is 65.4 cm³/mol. The van der Waals surface area contributed by atoms with Gasteiger partial charge in [-0.25, -0.2) is 4.98 Å². The molecule has 0 radical (unpaired) electrons. The van der Waals surface area contributed by atoms with Gasteiger partial charge in [0, 0.05) is 10.9 Å². The highest BCUT2D eigenvalue weighted by atomic mass is 16.5. The molecule has 0 fully saturated rings. The van der Waals surface area contributed by atoms with Gasteiger partial charge in [0.15, 0.2) is 0 Å². The molecule has 5 heteroatoms. The van der Waals surface area contributed by atoms with Crippen LogP contribution in [0.25, 0.3) is 21.9 Å². The third-order valence-corrected chi connectivity index (χ3v) is 2.67. The maximum atomic E-state index is 11.6. The summed E-state index contributed by atoms with van der Waals surface area (Å²) in [6.07, 6.45) is 1.41. The third kappa shape index (κ3) is 1.47. The minimum Gasteiger partial charge on any atom is -0.494 e. The average molecular weight is 229 g/mol. The molecule has 86 valence electrons. The Hall–Kier alpha value is -2.30. The second-order valence-electron chi connectivity index (χ2n) is 3.72. The molecule has 0 saturated carbocycles. The van der Waals surface area contributed by atoms with E-state index >= 15 is 0 Å². The second kappa shape index (κ2) is 3.62. The number of aromatic nitrogens is 3. The quantitative estimate of drug-likeness (QED) is 0.704. The van der Waals surface area contributed by atoms with Gasteiger partial charge in [-0.1, -0.05) is 0 Å². The SMILES string of the molecule is CCOc1ccc2[nH]c3c(=O)[nH]cnc3c2c1. The van der Waals surface area contributed by atoms with Crippen LogP contribution in [0, 0.1) is 0 Å². The van der Waals surface area contributed by atoms with Crippen molar-refractivity contribution in [3.63, 3.8) is 0 Å². The Labute approximate surface area is 96.4 Å². The predicted octanol–water partition coefficient (Wildman–Crippen LogP) is 1.80. The largest absolute Gasteiger partial charge is 0.494 e. The van der Waals surface area contributed by atoms with Gasteiger partial charge in [-0.05, 0) is 25.1 Å². The lowest BCUT2D eigenvalue weighted by Gasteiger charge is -2.01. The van der Waals surface area contributed by atoms with Crippen LogP contribution in [0.2, 0.25) is 0 Å². The van der Waals surface area contributed by atoms with Crippen molar-refractivity contribution in [2.45, 2.75) is 6.92 Å². The lowest BCUT2D eigenvalue weighted by molar-refractivity contribution is 0.341. The van der Waals surface area contributed by atoms with Crippen LogP contribution in [0.3, 0.4) is 0 Å². The van der Waals surface area contributed by atoms with Crippen LogP contribution in [-0.4, -0.2) is 21.6 Å². The minimum absolute atomic E-state index is 0.163.